The molecule has 3 aromatic rings. The van der Waals surface area contributed by atoms with Gasteiger partial charge in [0.25, 0.3) is 0 Å². The summed E-state index contributed by atoms with van der Waals surface area (Å²) in [5.41, 5.74) is 7.26. The van der Waals surface area contributed by atoms with E-state index in [9.17, 15) is 0 Å². The van der Waals surface area contributed by atoms with Gasteiger partial charge in [-0.3, -0.25) is 0 Å². The maximum Gasteiger partial charge on any atom is 0.0105 e. The van der Waals surface area contributed by atoms with Crippen LogP contribution in [0.1, 0.15) is 29.0 Å². The molecule has 102 valence electrons. The van der Waals surface area contributed by atoms with Crippen molar-refractivity contribution in [3.8, 4) is 11.1 Å². The van der Waals surface area contributed by atoms with Gasteiger partial charge in [0.2, 0.25) is 0 Å². The molecular weight excluding hydrogens is 252 g/mol. The summed E-state index contributed by atoms with van der Waals surface area (Å²) in [5.74, 6) is 0.539. The van der Waals surface area contributed by atoms with Crippen LogP contribution in [0.2, 0.25) is 0 Å². The molecule has 0 aromatic heterocycles. The van der Waals surface area contributed by atoms with E-state index in [1.54, 1.807) is 0 Å². The molecule has 0 saturated heterocycles. The minimum absolute atomic E-state index is 0.539. The third-order valence-electron chi connectivity index (χ3n) is 4.53. The van der Waals surface area contributed by atoms with Crippen molar-refractivity contribution in [1.82, 2.24) is 0 Å². The third-order valence-corrected chi connectivity index (χ3v) is 4.53. The second-order valence-corrected chi connectivity index (χ2v) is 5.75. The minimum atomic E-state index is 0.539. The maximum absolute atomic E-state index is 2.30. The monoisotopic (exact) mass is 270 g/mol. The Hall–Kier alpha value is -2.34. The lowest BCUT2D eigenvalue weighted by Crippen LogP contribution is -1.99. The minimum Gasteiger partial charge on any atom is -0.0622 e. The summed E-state index contributed by atoms with van der Waals surface area (Å²) < 4.78 is 0. The predicted molar refractivity (Wildman–Crippen MR) is 88.5 cm³/mol. The molecular formula is C21H18. The smallest absolute Gasteiger partial charge is 0.0105 e. The first kappa shape index (κ1) is 12.4. The van der Waals surface area contributed by atoms with Gasteiger partial charge in [0.05, 0.1) is 0 Å². The molecule has 21 heavy (non-hydrogen) atoms. The van der Waals surface area contributed by atoms with Crippen molar-refractivity contribution in [2.24, 2.45) is 0 Å². The molecule has 3 aromatic carbocycles. The molecule has 0 saturated carbocycles. The van der Waals surface area contributed by atoms with Gasteiger partial charge >= 0.3 is 0 Å². The Balaban J connectivity index is 1.69. The van der Waals surface area contributed by atoms with Crippen molar-refractivity contribution in [2.45, 2.75) is 18.8 Å². The Bertz CT molecular complexity index is 710. The van der Waals surface area contributed by atoms with E-state index in [0.717, 1.165) is 6.42 Å². The normalized spacial score (nSPS) is 13.0. The number of hydrogen-bond acceptors (Lipinski definition) is 0. The Labute approximate surface area is 126 Å². The summed E-state index contributed by atoms with van der Waals surface area (Å²) in [6.07, 6.45) is 2.31. The van der Waals surface area contributed by atoms with Crippen LogP contribution < -0.4 is 0 Å². The summed E-state index contributed by atoms with van der Waals surface area (Å²) in [7, 11) is 0. The van der Waals surface area contributed by atoms with Crippen LogP contribution in [0.15, 0.2) is 78.9 Å². The number of benzene rings is 3. The average molecular weight is 270 g/mol. The van der Waals surface area contributed by atoms with Crippen LogP contribution >= 0.6 is 0 Å². The van der Waals surface area contributed by atoms with Crippen molar-refractivity contribution in [1.29, 1.82) is 0 Å². The van der Waals surface area contributed by atoms with Crippen LogP contribution in [0.4, 0.5) is 0 Å². The number of hydrogen-bond donors (Lipinski definition) is 0. The standard InChI is InChI=1S/C21H18/c1-2-8-16(9-3-1)14-15-21-19-12-6-4-10-17(19)18-11-5-7-13-20(18)21/h1-13,21H,14-15H2. The fourth-order valence-electron chi connectivity index (χ4n) is 3.53. The molecule has 0 heteroatoms. The highest BCUT2D eigenvalue weighted by atomic mass is 14.3. The summed E-state index contributed by atoms with van der Waals surface area (Å²) in [5, 5.41) is 0. The first-order valence-electron chi connectivity index (χ1n) is 7.65. The molecule has 0 nitrogen and oxygen atoms in total. The Morgan fingerprint density at radius 3 is 1.71 bits per heavy atom. The summed E-state index contributed by atoms with van der Waals surface area (Å²) in [6.45, 7) is 0. The zero-order valence-corrected chi connectivity index (χ0v) is 12.0. The zero-order valence-electron chi connectivity index (χ0n) is 12.0. The number of aryl methyl sites for hydroxylation is 1. The molecule has 0 atom stereocenters. The molecule has 0 amide bonds. The Kier molecular flexibility index (Phi) is 3.08. The van der Waals surface area contributed by atoms with Crippen molar-refractivity contribution in [3.63, 3.8) is 0 Å². The molecule has 0 aliphatic heterocycles. The summed E-state index contributed by atoms with van der Waals surface area (Å²) in [4.78, 5) is 0. The van der Waals surface area contributed by atoms with Gasteiger partial charge in [-0.1, -0.05) is 78.9 Å². The van der Waals surface area contributed by atoms with Crippen LogP contribution in [0.5, 0.6) is 0 Å². The topological polar surface area (TPSA) is 0 Å². The molecule has 0 bridgehead atoms. The van der Waals surface area contributed by atoms with Gasteiger partial charge in [-0.2, -0.15) is 0 Å². The zero-order chi connectivity index (χ0) is 14.1. The van der Waals surface area contributed by atoms with Crippen molar-refractivity contribution < 1.29 is 0 Å². The summed E-state index contributed by atoms with van der Waals surface area (Å²) in [6, 6.07) is 28.6. The fraction of sp³-hybridized carbons (Fsp3) is 0.143. The van der Waals surface area contributed by atoms with Gasteiger partial charge in [-0.15, -0.1) is 0 Å². The first-order valence-corrected chi connectivity index (χ1v) is 7.65. The lowest BCUT2D eigenvalue weighted by Gasteiger charge is -2.13. The van der Waals surface area contributed by atoms with Crippen LogP contribution in [-0.2, 0) is 6.42 Å². The quantitative estimate of drug-likeness (QED) is 0.595. The molecule has 0 unspecified atom stereocenters. The second kappa shape index (κ2) is 5.21. The summed E-state index contributed by atoms with van der Waals surface area (Å²) >= 11 is 0. The SMILES string of the molecule is c1ccc(CCC2c3ccccc3-c3ccccc32)cc1. The predicted octanol–water partition coefficient (Wildman–Crippen LogP) is 5.43. The van der Waals surface area contributed by atoms with E-state index in [2.05, 4.69) is 78.9 Å². The van der Waals surface area contributed by atoms with Crippen LogP contribution in [0, 0.1) is 0 Å². The maximum atomic E-state index is 2.30. The lowest BCUT2D eigenvalue weighted by atomic mass is 9.90. The first-order chi connectivity index (χ1) is 10.4. The van der Waals surface area contributed by atoms with Crippen LogP contribution in [0.3, 0.4) is 0 Å². The second-order valence-electron chi connectivity index (χ2n) is 5.75. The van der Waals surface area contributed by atoms with Gasteiger partial charge in [0.1, 0.15) is 0 Å². The van der Waals surface area contributed by atoms with Crippen LogP contribution in [0.25, 0.3) is 11.1 Å². The molecule has 0 radical (unpaired) electrons. The molecule has 1 aliphatic carbocycles. The van der Waals surface area contributed by atoms with Crippen molar-refractivity contribution in [2.75, 3.05) is 0 Å². The van der Waals surface area contributed by atoms with E-state index < -0.39 is 0 Å². The van der Waals surface area contributed by atoms with Crippen LogP contribution in [-0.4, -0.2) is 0 Å². The van der Waals surface area contributed by atoms with Gasteiger partial charge in [0.15, 0.2) is 0 Å². The molecule has 0 fully saturated rings. The van der Waals surface area contributed by atoms with E-state index in [1.807, 2.05) is 0 Å². The van der Waals surface area contributed by atoms with E-state index in [-0.39, 0.29) is 0 Å². The third kappa shape index (κ3) is 2.17. The van der Waals surface area contributed by atoms with E-state index in [0.29, 0.717) is 5.92 Å². The van der Waals surface area contributed by atoms with E-state index in [4.69, 9.17) is 0 Å². The number of fused-ring (bicyclic) bond motifs is 3. The highest BCUT2D eigenvalue weighted by molar-refractivity contribution is 5.78. The molecule has 1 aliphatic rings. The largest absolute Gasteiger partial charge is 0.0622 e. The lowest BCUT2D eigenvalue weighted by molar-refractivity contribution is 0.729. The van der Waals surface area contributed by atoms with Gasteiger partial charge in [-0.25, -0.2) is 0 Å². The highest BCUT2D eigenvalue weighted by Crippen LogP contribution is 2.46. The molecule has 0 N–H and O–H groups in total. The van der Waals surface area contributed by atoms with E-state index >= 15 is 0 Å². The van der Waals surface area contributed by atoms with Gasteiger partial charge in [0, 0.05) is 5.92 Å². The number of rotatable bonds is 3. The Morgan fingerprint density at radius 2 is 1.10 bits per heavy atom. The average Bonchev–Trinajstić information content (AvgIpc) is 2.88. The van der Waals surface area contributed by atoms with E-state index in [1.165, 1.54) is 34.2 Å². The molecule has 4 rings (SSSR count). The van der Waals surface area contributed by atoms with Gasteiger partial charge in [-0.05, 0) is 40.7 Å². The highest BCUT2D eigenvalue weighted by Gasteiger charge is 2.27. The van der Waals surface area contributed by atoms with Crippen molar-refractivity contribution in [3.05, 3.63) is 95.6 Å². The molecule has 0 heterocycles. The van der Waals surface area contributed by atoms with Crippen molar-refractivity contribution >= 4 is 0 Å². The van der Waals surface area contributed by atoms with Gasteiger partial charge < -0.3 is 0 Å². The fourth-order valence-corrected chi connectivity index (χ4v) is 3.53. The Morgan fingerprint density at radius 1 is 0.571 bits per heavy atom. The molecule has 0 spiro atoms.